The summed E-state index contributed by atoms with van der Waals surface area (Å²) in [7, 11) is 1.71. The first-order valence-electron chi connectivity index (χ1n) is 11.8. The average molecular weight is 441 g/mol. The number of benzene rings is 2. The topological polar surface area (TPSA) is 69.3 Å². The molecule has 2 aliphatic heterocycles. The Bertz CT molecular complexity index is 1310. The molecule has 2 saturated heterocycles. The van der Waals surface area contributed by atoms with Crippen LogP contribution in [0.2, 0.25) is 0 Å². The molecule has 1 aromatic heterocycles. The van der Waals surface area contributed by atoms with Crippen molar-refractivity contribution in [1.82, 2.24) is 4.57 Å². The van der Waals surface area contributed by atoms with Crippen LogP contribution in [0.1, 0.15) is 49.1 Å². The Morgan fingerprint density at radius 2 is 1.79 bits per heavy atom. The number of fused-ring (bicyclic) bond motifs is 1. The summed E-state index contributed by atoms with van der Waals surface area (Å²) in [6.07, 6.45) is 4.48. The molecule has 3 aromatic rings. The van der Waals surface area contributed by atoms with E-state index in [4.69, 9.17) is 0 Å². The van der Waals surface area contributed by atoms with E-state index in [2.05, 4.69) is 35.2 Å². The van der Waals surface area contributed by atoms with Gasteiger partial charge in [0, 0.05) is 44.2 Å². The van der Waals surface area contributed by atoms with Crippen LogP contribution in [0.15, 0.2) is 53.3 Å². The van der Waals surface area contributed by atoms with Gasteiger partial charge in [0.15, 0.2) is 0 Å². The van der Waals surface area contributed by atoms with Crippen molar-refractivity contribution in [3.63, 3.8) is 0 Å². The van der Waals surface area contributed by atoms with Crippen molar-refractivity contribution in [2.75, 3.05) is 29.4 Å². The third-order valence-electron chi connectivity index (χ3n) is 7.17. The molecule has 168 valence electrons. The standard InChI is InChI=1S/C27H28N4O2/c1-29-24-17-21(31-15-6-10-25(31)32)11-12-22(24)26(23(18-28)27(29)33)30-14-5-9-20(13-16-30)19-7-3-2-4-8-19/h2-4,7-8,11-12,17,20H,5-6,9-10,13-16H2,1H3. The predicted molar refractivity (Wildman–Crippen MR) is 131 cm³/mol. The van der Waals surface area contributed by atoms with Crippen molar-refractivity contribution in [2.24, 2.45) is 7.05 Å². The van der Waals surface area contributed by atoms with Crippen LogP contribution in [0.5, 0.6) is 0 Å². The lowest BCUT2D eigenvalue weighted by atomic mass is 9.92. The molecule has 0 N–H and O–H groups in total. The second kappa shape index (κ2) is 8.74. The number of pyridine rings is 1. The third-order valence-corrected chi connectivity index (χ3v) is 7.17. The van der Waals surface area contributed by atoms with Crippen LogP contribution in [0.3, 0.4) is 0 Å². The summed E-state index contributed by atoms with van der Waals surface area (Å²) in [5, 5.41) is 10.8. The molecule has 2 aliphatic rings. The lowest BCUT2D eigenvalue weighted by Gasteiger charge is -2.27. The molecular formula is C27H28N4O2. The van der Waals surface area contributed by atoms with Crippen LogP contribution < -0.4 is 15.4 Å². The van der Waals surface area contributed by atoms with Gasteiger partial charge < -0.3 is 14.4 Å². The number of aryl methyl sites for hydroxylation is 1. The molecule has 5 rings (SSSR count). The number of aromatic nitrogens is 1. The number of rotatable bonds is 3. The Hall–Kier alpha value is -3.59. The molecule has 3 heterocycles. The first-order chi connectivity index (χ1) is 16.1. The van der Waals surface area contributed by atoms with Crippen LogP contribution in [0, 0.1) is 11.3 Å². The molecule has 1 amide bonds. The lowest BCUT2D eigenvalue weighted by Crippen LogP contribution is -2.30. The second-order valence-corrected chi connectivity index (χ2v) is 9.08. The summed E-state index contributed by atoms with van der Waals surface area (Å²) in [6.45, 7) is 2.31. The molecule has 0 aliphatic carbocycles. The maximum Gasteiger partial charge on any atom is 0.270 e. The van der Waals surface area contributed by atoms with Crippen molar-refractivity contribution in [1.29, 1.82) is 5.26 Å². The van der Waals surface area contributed by atoms with Gasteiger partial charge in [-0.3, -0.25) is 9.59 Å². The minimum absolute atomic E-state index is 0.118. The predicted octanol–water partition coefficient (Wildman–Crippen LogP) is 4.31. The molecule has 0 bridgehead atoms. The maximum atomic E-state index is 13.2. The van der Waals surface area contributed by atoms with E-state index in [0.717, 1.165) is 61.1 Å². The third kappa shape index (κ3) is 3.78. The maximum absolute atomic E-state index is 13.2. The summed E-state index contributed by atoms with van der Waals surface area (Å²) >= 11 is 0. The molecule has 2 fully saturated rings. The van der Waals surface area contributed by atoms with Crippen molar-refractivity contribution in [3.05, 3.63) is 70.0 Å². The highest BCUT2D eigenvalue weighted by Crippen LogP contribution is 2.35. The molecule has 0 spiro atoms. The number of hydrogen-bond acceptors (Lipinski definition) is 4. The minimum Gasteiger partial charge on any atom is -0.370 e. The van der Waals surface area contributed by atoms with Crippen molar-refractivity contribution >= 4 is 28.2 Å². The SMILES string of the molecule is Cn1c(=O)c(C#N)c(N2CCCC(c3ccccc3)CC2)c2ccc(N3CCCC3=O)cc21. The van der Waals surface area contributed by atoms with E-state index >= 15 is 0 Å². The molecule has 6 heteroatoms. The summed E-state index contributed by atoms with van der Waals surface area (Å²) in [5.41, 5.74) is 3.59. The monoisotopic (exact) mass is 440 g/mol. The van der Waals surface area contributed by atoms with Gasteiger partial charge in [0.1, 0.15) is 11.6 Å². The van der Waals surface area contributed by atoms with Gasteiger partial charge in [-0.05, 0) is 55.4 Å². The zero-order valence-electron chi connectivity index (χ0n) is 19.0. The number of hydrogen-bond donors (Lipinski definition) is 0. The summed E-state index contributed by atoms with van der Waals surface area (Å²) < 4.78 is 1.55. The number of amides is 1. The number of anilines is 2. The van der Waals surface area contributed by atoms with Gasteiger partial charge in [0.2, 0.25) is 5.91 Å². The van der Waals surface area contributed by atoms with Gasteiger partial charge in [-0.2, -0.15) is 5.26 Å². The highest BCUT2D eigenvalue weighted by atomic mass is 16.2. The minimum atomic E-state index is -0.284. The smallest absolute Gasteiger partial charge is 0.270 e. The van der Waals surface area contributed by atoms with Gasteiger partial charge in [0.25, 0.3) is 5.56 Å². The molecule has 0 saturated carbocycles. The van der Waals surface area contributed by atoms with Crippen LogP contribution in [-0.2, 0) is 11.8 Å². The Morgan fingerprint density at radius 3 is 2.52 bits per heavy atom. The Labute approximate surface area is 193 Å². The Morgan fingerprint density at radius 1 is 0.970 bits per heavy atom. The summed E-state index contributed by atoms with van der Waals surface area (Å²) in [6, 6.07) is 18.6. The van der Waals surface area contributed by atoms with Crippen molar-refractivity contribution in [3.8, 4) is 6.07 Å². The van der Waals surface area contributed by atoms with Crippen LogP contribution in [-0.4, -0.2) is 30.1 Å². The van der Waals surface area contributed by atoms with Gasteiger partial charge in [-0.25, -0.2) is 0 Å². The van der Waals surface area contributed by atoms with Crippen LogP contribution in [0.4, 0.5) is 11.4 Å². The van der Waals surface area contributed by atoms with Gasteiger partial charge in [-0.15, -0.1) is 0 Å². The van der Waals surface area contributed by atoms with E-state index < -0.39 is 0 Å². The molecule has 33 heavy (non-hydrogen) atoms. The normalized spacial score (nSPS) is 19.0. The Balaban J connectivity index is 1.57. The largest absolute Gasteiger partial charge is 0.370 e. The highest BCUT2D eigenvalue weighted by Gasteiger charge is 2.26. The number of nitrogens with zero attached hydrogens (tertiary/aromatic N) is 4. The average Bonchev–Trinajstić information content (AvgIpc) is 3.13. The fourth-order valence-electron chi connectivity index (χ4n) is 5.41. The second-order valence-electron chi connectivity index (χ2n) is 9.08. The first-order valence-corrected chi connectivity index (χ1v) is 11.8. The molecule has 2 aromatic carbocycles. The van der Waals surface area contributed by atoms with Crippen LogP contribution in [0.25, 0.3) is 10.9 Å². The van der Waals surface area contributed by atoms with E-state index in [9.17, 15) is 14.9 Å². The zero-order chi connectivity index (χ0) is 22.9. The Kier molecular flexibility index (Phi) is 5.63. The molecule has 1 atom stereocenters. The molecule has 6 nitrogen and oxygen atoms in total. The van der Waals surface area contributed by atoms with E-state index in [0.29, 0.717) is 18.9 Å². The quantitative estimate of drug-likeness (QED) is 0.609. The molecular weight excluding hydrogens is 412 g/mol. The lowest BCUT2D eigenvalue weighted by molar-refractivity contribution is -0.117. The summed E-state index contributed by atoms with van der Waals surface area (Å²) in [4.78, 5) is 29.5. The zero-order valence-corrected chi connectivity index (χ0v) is 19.0. The van der Waals surface area contributed by atoms with Crippen molar-refractivity contribution in [2.45, 2.75) is 38.0 Å². The molecule has 0 radical (unpaired) electrons. The fourth-order valence-corrected chi connectivity index (χ4v) is 5.41. The van der Waals surface area contributed by atoms with E-state index in [1.165, 1.54) is 5.56 Å². The highest BCUT2D eigenvalue weighted by molar-refractivity contribution is 6.00. The number of nitriles is 1. The summed E-state index contributed by atoms with van der Waals surface area (Å²) in [5.74, 6) is 0.597. The van der Waals surface area contributed by atoms with E-state index in [-0.39, 0.29) is 17.0 Å². The first kappa shape index (κ1) is 21.3. The van der Waals surface area contributed by atoms with Gasteiger partial charge in [0.05, 0.1) is 11.2 Å². The van der Waals surface area contributed by atoms with E-state index in [1.54, 1.807) is 16.5 Å². The number of carbonyl (C=O) groups excluding carboxylic acids is 1. The fraction of sp³-hybridized carbons (Fsp3) is 0.370. The van der Waals surface area contributed by atoms with Gasteiger partial charge in [-0.1, -0.05) is 30.3 Å². The molecule has 1 unspecified atom stereocenters. The number of carbonyl (C=O) groups is 1. The van der Waals surface area contributed by atoms with Crippen molar-refractivity contribution < 1.29 is 4.79 Å². The van der Waals surface area contributed by atoms with Gasteiger partial charge >= 0.3 is 0 Å². The van der Waals surface area contributed by atoms with E-state index in [1.807, 2.05) is 24.3 Å². The van der Waals surface area contributed by atoms with Crippen LogP contribution >= 0.6 is 0 Å².